The minimum absolute atomic E-state index is 0.0215. The van der Waals surface area contributed by atoms with Gasteiger partial charge in [-0.3, -0.25) is 9.59 Å². The molecule has 4 heteroatoms. The van der Waals surface area contributed by atoms with Crippen LogP contribution in [0.1, 0.15) is 26.7 Å². The van der Waals surface area contributed by atoms with E-state index >= 15 is 0 Å². The first kappa shape index (κ1) is 14.5. The van der Waals surface area contributed by atoms with Crippen molar-refractivity contribution in [1.29, 1.82) is 0 Å². The van der Waals surface area contributed by atoms with Gasteiger partial charge >= 0.3 is 11.9 Å². The smallest absolute Gasteiger partial charge is 0.323 e. The van der Waals surface area contributed by atoms with Crippen LogP contribution in [0.2, 0.25) is 0 Å². The third kappa shape index (κ3) is 2.47. The van der Waals surface area contributed by atoms with E-state index in [2.05, 4.69) is 6.58 Å². The van der Waals surface area contributed by atoms with Gasteiger partial charge in [0.25, 0.3) is 0 Å². The van der Waals surface area contributed by atoms with Crippen LogP contribution in [0.4, 0.5) is 0 Å². The van der Waals surface area contributed by atoms with Crippen molar-refractivity contribution in [1.82, 2.24) is 0 Å². The zero-order chi connectivity index (χ0) is 13.9. The van der Waals surface area contributed by atoms with Crippen LogP contribution in [-0.2, 0) is 19.1 Å². The standard InChI is InChI=1S/C14H20O4/c1-9(2)6-11-8-14(7-10(11)3,12(15)17-4)13(16)18-5/h6,11H,3,7-8H2,1-2,4-5H3. The Morgan fingerprint density at radius 1 is 1.28 bits per heavy atom. The Kier molecular flexibility index (Phi) is 4.33. The summed E-state index contributed by atoms with van der Waals surface area (Å²) in [7, 11) is 2.56. The fourth-order valence-electron chi connectivity index (χ4n) is 2.47. The summed E-state index contributed by atoms with van der Waals surface area (Å²) in [6, 6.07) is 0. The van der Waals surface area contributed by atoms with Crippen LogP contribution in [-0.4, -0.2) is 26.2 Å². The van der Waals surface area contributed by atoms with Crippen molar-refractivity contribution in [3.8, 4) is 0 Å². The number of hydrogen-bond donors (Lipinski definition) is 0. The number of hydrogen-bond acceptors (Lipinski definition) is 4. The van der Waals surface area contributed by atoms with E-state index in [4.69, 9.17) is 9.47 Å². The van der Waals surface area contributed by atoms with E-state index < -0.39 is 17.4 Å². The lowest BCUT2D eigenvalue weighted by atomic mass is 9.85. The molecule has 0 aromatic carbocycles. The highest BCUT2D eigenvalue weighted by molar-refractivity contribution is 6.01. The maximum Gasteiger partial charge on any atom is 0.323 e. The van der Waals surface area contributed by atoms with Crippen molar-refractivity contribution < 1.29 is 19.1 Å². The minimum Gasteiger partial charge on any atom is -0.468 e. The normalized spacial score (nSPS) is 21.3. The molecule has 1 fully saturated rings. The fraction of sp³-hybridized carbons (Fsp3) is 0.571. The van der Waals surface area contributed by atoms with Gasteiger partial charge < -0.3 is 9.47 Å². The second-order valence-electron chi connectivity index (χ2n) is 4.95. The predicted octanol–water partition coefficient (Wildman–Crippen LogP) is 2.25. The van der Waals surface area contributed by atoms with E-state index in [1.807, 2.05) is 19.9 Å². The Morgan fingerprint density at radius 3 is 2.17 bits per heavy atom. The summed E-state index contributed by atoms with van der Waals surface area (Å²) in [6.45, 7) is 7.91. The van der Waals surface area contributed by atoms with Gasteiger partial charge in [0.15, 0.2) is 5.41 Å². The molecule has 1 atom stereocenters. The van der Waals surface area contributed by atoms with Crippen LogP contribution < -0.4 is 0 Å². The number of carbonyl (C=O) groups excluding carboxylic acids is 2. The first-order chi connectivity index (χ1) is 8.37. The summed E-state index contributed by atoms with van der Waals surface area (Å²) in [6.07, 6.45) is 2.69. The van der Waals surface area contributed by atoms with Crippen molar-refractivity contribution in [3.63, 3.8) is 0 Å². The lowest BCUT2D eigenvalue weighted by Crippen LogP contribution is -2.39. The number of rotatable bonds is 3. The first-order valence-corrected chi connectivity index (χ1v) is 5.87. The van der Waals surface area contributed by atoms with Gasteiger partial charge in [0.1, 0.15) is 0 Å². The lowest BCUT2D eigenvalue weighted by molar-refractivity contribution is -0.168. The van der Waals surface area contributed by atoms with Gasteiger partial charge in [0.05, 0.1) is 14.2 Å². The highest BCUT2D eigenvalue weighted by atomic mass is 16.5. The Labute approximate surface area is 108 Å². The largest absolute Gasteiger partial charge is 0.468 e. The maximum absolute atomic E-state index is 11.9. The maximum atomic E-state index is 11.9. The average molecular weight is 252 g/mol. The molecule has 0 amide bonds. The molecule has 0 spiro atoms. The lowest BCUT2D eigenvalue weighted by Gasteiger charge is -2.22. The summed E-state index contributed by atoms with van der Waals surface area (Å²) < 4.78 is 9.52. The molecule has 1 unspecified atom stereocenters. The Hall–Kier alpha value is -1.58. The molecule has 1 aliphatic carbocycles. The van der Waals surface area contributed by atoms with Gasteiger partial charge in [-0.2, -0.15) is 0 Å². The second kappa shape index (κ2) is 5.38. The van der Waals surface area contributed by atoms with Crippen LogP contribution in [0.15, 0.2) is 23.8 Å². The highest BCUT2D eigenvalue weighted by Gasteiger charge is 2.54. The third-order valence-corrected chi connectivity index (χ3v) is 3.31. The van der Waals surface area contributed by atoms with Crippen LogP contribution in [0.25, 0.3) is 0 Å². The van der Waals surface area contributed by atoms with Crippen molar-refractivity contribution in [2.24, 2.45) is 11.3 Å². The molecule has 0 aromatic rings. The van der Waals surface area contributed by atoms with E-state index in [-0.39, 0.29) is 5.92 Å². The van der Waals surface area contributed by atoms with Gasteiger partial charge in [-0.15, -0.1) is 0 Å². The summed E-state index contributed by atoms with van der Waals surface area (Å²) >= 11 is 0. The molecule has 18 heavy (non-hydrogen) atoms. The summed E-state index contributed by atoms with van der Waals surface area (Å²) in [5, 5.41) is 0. The van der Waals surface area contributed by atoms with Crippen molar-refractivity contribution in [2.75, 3.05) is 14.2 Å². The fourth-order valence-corrected chi connectivity index (χ4v) is 2.47. The predicted molar refractivity (Wildman–Crippen MR) is 67.8 cm³/mol. The molecule has 0 radical (unpaired) electrons. The van der Waals surface area contributed by atoms with Crippen molar-refractivity contribution in [2.45, 2.75) is 26.7 Å². The number of esters is 2. The number of carbonyl (C=O) groups is 2. The molecule has 0 N–H and O–H groups in total. The molecule has 1 aliphatic rings. The van der Waals surface area contributed by atoms with E-state index in [0.29, 0.717) is 12.8 Å². The molecule has 0 aliphatic heterocycles. The molecule has 100 valence electrons. The van der Waals surface area contributed by atoms with E-state index in [1.165, 1.54) is 14.2 Å². The number of methoxy groups -OCH3 is 2. The monoisotopic (exact) mass is 252 g/mol. The quantitative estimate of drug-likeness (QED) is 0.439. The van der Waals surface area contributed by atoms with Gasteiger partial charge in [-0.1, -0.05) is 23.8 Å². The van der Waals surface area contributed by atoms with Crippen LogP contribution in [0.5, 0.6) is 0 Å². The van der Waals surface area contributed by atoms with Gasteiger partial charge in [0, 0.05) is 0 Å². The highest BCUT2D eigenvalue weighted by Crippen LogP contribution is 2.47. The van der Waals surface area contributed by atoms with Crippen LogP contribution >= 0.6 is 0 Å². The molecule has 1 saturated carbocycles. The molecule has 0 aromatic heterocycles. The Balaban J connectivity index is 3.10. The zero-order valence-corrected chi connectivity index (χ0v) is 11.4. The summed E-state index contributed by atoms with van der Waals surface area (Å²) in [5.41, 5.74) is 0.774. The van der Waals surface area contributed by atoms with E-state index in [9.17, 15) is 9.59 Å². The third-order valence-electron chi connectivity index (χ3n) is 3.31. The Morgan fingerprint density at radius 2 is 1.78 bits per heavy atom. The van der Waals surface area contributed by atoms with Gasteiger partial charge in [-0.25, -0.2) is 0 Å². The summed E-state index contributed by atoms with van der Waals surface area (Å²) in [4.78, 5) is 23.9. The van der Waals surface area contributed by atoms with Gasteiger partial charge in [0.2, 0.25) is 0 Å². The zero-order valence-electron chi connectivity index (χ0n) is 11.4. The van der Waals surface area contributed by atoms with E-state index in [1.54, 1.807) is 0 Å². The topological polar surface area (TPSA) is 52.6 Å². The minimum atomic E-state index is -1.23. The molecular weight excluding hydrogens is 232 g/mol. The van der Waals surface area contributed by atoms with Gasteiger partial charge in [-0.05, 0) is 32.6 Å². The first-order valence-electron chi connectivity index (χ1n) is 5.87. The SMILES string of the molecule is C=C1CC(C(=O)OC)(C(=O)OC)CC1C=C(C)C. The molecule has 4 nitrogen and oxygen atoms in total. The van der Waals surface area contributed by atoms with Crippen LogP contribution in [0.3, 0.4) is 0 Å². The average Bonchev–Trinajstić information content (AvgIpc) is 2.65. The van der Waals surface area contributed by atoms with E-state index in [0.717, 1.165) is 11.1 Å². The molecule has 0 bridgehead atoms. The molecular formula is C14H20O4. The summed E-state index contributed by atoms with van der Waals surface area (Å²) in [5.74, 6) is -1.06. The molecule has 0 heterocycles. The molecule has 1 rings (SSSR count). The van der Waals surface area contributed by atoms with Crippen molar-refractivity contribution >= 4 is 11.9 Å². The number of ether oxygens (including phenoxy) is 2. The van der Waals surface area contributed by atoms with Crippen molar-refractivity contribution in [3.05, 3.63) is 23.8 Å². The Bertz CT molecular complexity index is 386. The van der Waals surface area contributed by atoms with Crippen LogP contribution in [0, 0.1) is 11.3 Å². The number of allylic oxidation sites excluding steroid dienone is 3. The second-order valence-corrected chi connectivity index (χ2v) is 4.95. The molecule has 0 saturated heterocycles.